The summed E-state index contributed by atoms with van der Waals surface area (Å²) in [5.74, 6) is -0.901. The summed E-state index contributed by atoms with van der Waals surface area (Å²) in [6, 6.07) is 10.6. The first-order valence-electron chi connectivity index (χ1n) is 12.0. The highest BCUT2D eigenvalue weighted by Gasteiger charge is 2.35. The Kier molecular flexibility index (Phi) is 5.47. The van der Waals surface area contributed by atoms with Crippen molar-refractivity contribution >= 4 is 28.4 Å². The summed E-state index contributed by atoms with van der Waals surface area (Å²) in [7, 11) is 0. The molecule has 6 nitrogen and oxygen atoms in total. The first kappa shape index (κ1) is 22.6. The Bertz CT molecular complexity index is 1300. The van der Waals surface area contributed by atoms with Gasteiger partial charge in [0.2, 0.25) is 5.91 Å². The van der Waals surface area contributed by atoms with Crippen molar-refractivity contribution in [2.75, 3.05) is 5.32 Å². The monoisotopic (exact) mass is 462 g/mol. The predicted octanol–water partition coefficient (Wildman–Crippen LogP) is 4.84. The smallest absolute Gasteiger partial charge is 0.250 e. The van der Waals surface area contributed by atoms with Gasteiger partial charge in [-0.1, -0.05) is 19.9 Å². The summed E-state index contributed by atoms with van der Waals surface area (Å²) in [4.78, 5) is 25.3. The third-order valence-corrected chi connectivity index (χ3v) is 7.26. The van der Waals surface area contributed by atoms with E-state index in [0.717, 1.165) is 47.9 Å². The topological polar surface area (TPSA) is 103 Å². The van der Waals surface area contributed by atoms with Gasteiger partial charge in [-0.15, -0.1) is 0 Å². The van der Waals surface area contributed by atoms with Crippen LogP contribution in [0.3, 0.4) is 0 Å². The van der Waals surface area contributed by atoms with Gasteiger partial charge in [0, 0.05) is 40.8 Å². The van der Waals surface area contributed by atoms with E-state index in [0.29, 0.717) is 29.6 Å². The van der Waals surface area contributed by atoms with Gasteiger partial charge in [-0.25, -0.2) is 4.39 Å². The molecule has 2 heterocycles. The maximum atomic E-state index is 14.2. The third kappa shape index (κ3) is 3.98. The third-order valence-electron chi connectivity index (χ3n) is 7.26. The van der Waals surface area contributed by atoms with Crippen LogP contribution in [-0.4, -0.2) is 28.5 Å². The Balaban J connectivity index is 1.67. The lowest BCUT2D eigenvalue weighted by molar-refractivity contribution is 0.0816. The molecule has 7 heteroatoms. The molecule has 178 valence electrons. The van der Waals surface area contributed by atoms with E-state index in [1.165, 1.54) is 12.1 Å². The van der Waals surface area contributed by atoms with E-state index in [1.54, 1.807) is 16.7 Å². The maximum absolute atomic E-state index is 14.2. The molecule has 2 aromatic carbocycles. The van der Waals surface area contributed by atoms with Crippen LogP contribution in [0.15, 0.2) is 36.4 Å². The van der Waals surface area contributed by atoms with Gasteiger partial charge in [0.1, 0.15) is 5.82 Å². The number of rotatable bonds is 4. The molecule has 0 unspecified atom stereocenters. The van der Waals surface area contributed by atoms with Crippen LogP contribution >= 0.6 is 0 Å². The molecule has 5 N–H and O–H groups in total. The Labute approximate surface area is 198 Å². The summed E-state index contributed by atoms with van der Waals surface area (Å²) in [5.41, 5.74) is 15.9. The molecule has 3 aromatic rings. The van der Waals surface area contributed by atoms with E-state index >= 15 is 0 Å². The molecule has 1 amide bonds. The second kappa shape index (κ2) is 8.24. The van der Waals surface area contributed by atoms with E-state index in [9.17, 15) is 14.0 Å². The second-order valence-electron chi connectivity index (χ2n) is 10.6. The molecule has 1 aliphatic carbocycles. The van der Waals surface area contributed by atoms with Crippen molar-refractivity contribution in [3.8, 4) is 11.1 Å². The van der Waals surface area contributed by atoms with Crippen LogP contribution < -0.4 is 16.8 Å². The number of fused-ring (bicyclic) bond motifs is 3. The van der Waals surface area contributed by atoms with Crippen molar-refractivity contribution in [2.24, 2.45) is 16.9 Å². The zero-order valence-electron chi connectivity index (χ0n) is 19.7. The summed E-state index contributed by atoms with van der Waals surface area (Å²) in [6.45, 7) is 4.15. The maximum Gasteiger partial charge on any atom is 0.250 e. The molecule has 0 saturated heterocycles. The largest absolute Gasteiger partial charge is 0.382 e. The lowest BCUT2D eigenvalue weighted by atomic mass is 9.80. The minimum atomic E-state index is -0.497. The predicted molar refractivity (Wildman–Crippen MR) is 132 cm³/mol. The first-order chi connectivity index (χ1) is 16.1. The Morgan fingerprint density at radius 1 is 1.09 bits per heavy atom. The van der Waals surface area contributed by atoms with Crippen LogP contribution in [0.2, 0.25) is 0 Å². The number of halogens is 1. The minimum absolute atomic E-state index is 0.0289. The Hall–Kier alpha value is -3.19. The number of nitrogens with zero attached hydrogens (tertiary/aromatic N) is 1. The van der Waals surface area contributed by atoms with Crippen molar-refractivity contribution in [3.63, 3.8) is 0 Å². The number of nitrogens with one attached hydrogen (secondary N) is 1. The number of carbonyl (C=O) groups is 2. The molecule has 34 heavy (non-hydrogen) atoms. The van der Waals surface area contributed by atoms with Gasteiger partial charge < -0.3 is 16.8 Å². The van der Waals surface area contributed by atoms with E-state index in [-0.39, 0.29) is 29.2 Å². The number of hydrogen-bond donors (Lipinski definition) is 3. The second-order valence-corrected chi connectivity index (χ2v) is 10.6. The highest BCUT2D eigenvalue weighted by atomic mass is 19.1. The SMILES string of the molecule is CC1(C)CC(=O)n2c(c(-c3ccc(C(N)=O)c(N[C@H]4CC[C@H](N)CC4)c3)c3ccc(F)cc32)C1. The van der Waals surface area contributed by atoms with Crippen molar-refractivity contribution < 1.29 is 14.0 Å². The molecule has 0 radical (unpaired) electrons. The van der Waals surface area contributed by atoms with E-state index in [2.05, 4.69) is 19.2 Å². The van der Waals surface area contributed by atoms with Crippen LogP contribution in [0.25, 0.3) is 22.0 Å². The molecule has 1 saturated carbocycles. The standard InChI is InChI=1S/C27H31FN4O2/c1-27(2)13-23-25(20-10-4-16(28)12-22(20)32(23)24(33)14-27)15-3-9-19(26(30)34)21(11-15)31-18-7-5-17(29)6-8-18/h3-4,9-12,17-18,31H,5-8,13-14,29H2,1-2H3,(H2,30,34)/t17-,18-. The molecule has 0 atom stereocenters. The van der Waals surface area contributed by atoms with E-state index in [4.69, 9.17) is 11.5 Å². The molecular formula is C27H31FN4O2. The number of carbonyl (C=O) groups excluding carboxylic acids is 2. The highest BCUT2D eigenvalue weighted by molar-refractivity contribution is 6.06. The molecule has 1 aliphatic heterocycles. The number of benzene rings is 2. The number of anilines is 1. The van der Waals surface area contributed by atoms with Crippen LogP contribution in [-0.2, 0) is 6.42 Å². The number of aromatic nitrogens is 1. The molecular weight excluding hydrogens is 431 g/mol. The fourth-order valence-electron chi connectivity index (χ4n) is 5.61. The average molecular weight is 463 g/mol. The minimum Gasteiger partial charge on any atom is -0.382 e. The van der Waals surface area contributed by atoms with Gasteiger partial charge in [-0.2, -0.15) is 0 Å². The normalized spacial score (nSPS) is 21.9. The van der Waals surface area contributed by atoms with Crippen LogP contribution in [0.5, 0.6) is 0 Å². The number of nitrogens with two attached hydrogens (primary N) is 2. The molecule has 1 aromatic heterocycles. The fourth-order valence-corrected chi connectivity index (χ4v) is 5.61. The molecule has 0 bridgehead atoms. The summed E-state index contributed by atoms with van der Waals surface area (Å²) in [6.07, 6.45) is 4.81. The van der Waals surface area contributed by atoms with Crippen LogP contribution in [0, 0.1) is 11.2 Å². The van der Waals surface area contributed by atoms with Gasteiger partial charge in [-0.3, -0.25) is 14.2 Å². The zero-order chi connectivity index (χ0) is 24.2. The van der Waals surface area contributed by atoms with Crippen LogP contribution in [0.1, 0.15) is 66.8 Å². The fraction of sp³-hybridized carbons (Fsp3) is 0.407. The Morgan fingerprint density at radius 2 is 1.82 bits per heavy atom. The van der Waals surface area contributed by atoms with Gasteiger partial charge >= 0.3 is 0 Å². The summed E-state index contributed by atoms with van der Waals surface area (Å²) in [5, 5.41) is 4.35. The first-order valence-corrected chi connectivity index (χ1v) is 12.0. The average Bonchev–Trinajstić information content (AvgIpc) is 3.07. The van der Waals surface area contributed by atoms with Crippen molar-refractivity contribution in [1.29, 1.82) is 0 Å². The van der Waals surface area contributed by atoms with Crippen LogP contribution in [0.4, 0.5) is 10.1 Å². The van der Waals surface area contributed by atoms with Gasteiger partial charge in [0.15, 0.2) is 0 Å². The van der Waals surface area contributed by atoms with E-state index in [1.807, 2.05) is 12.1 Å². The molecule has 5 rings (SSSR count). The number of primary amides is 1. The highest BCUT2D eigenvalue weighted by Crippen LogP contribution is 2.43. The Morgan fingerprint density at radius 3 is 2.53 bits per heavy atom. The van der Waals surface area contributed by atoms with Crippen molar-refractivity contribution in [1.82, 2.24) is 4.57 Å². The van der Waals surface area contributed by atoms with Gasteiger partial charge in [0.05, 0.1) is 11.1 Å². The lowest BCUT2D eigenvalue weighted by Crippen LogP contribution is -2.33. The lowest BCUT2D eigenvalue weighted by Gasteiger charge is -2.31. The van der Waals surface area contributed by atoms with Gasteiger partial charge in [-0.05, 0) is 73.4 Å². The van der Waals surface area contributed by atoms with E-state index < -0.39 is 5.91 Å². The summed E-state index contributed by atoms with van der Waals surface area (Å²) >= 11 is 0. The molecule has 0 spiro atoms. The summed E-state index contributed by atoms with van der Waals surface area (Å²) < 4.78 is 15.9. The quantitative estimate of drug-likeness (QED) is 0.516. The van der Waals surface area contributed by atoms with Crippen molar-refractivity contribution in [3.05, 3.63) is 53.5 Å². The molecule has 2 aliphatic rings. The number of hydrogen-bond acceptors (Lipinski definition) is 4. The molecule has 1 fully saturated rings. The zero-order valence-corrected chi connectivity index (χ0v) is 19.7. The van der Waals surface area contributed by atoms with Crippen molar-refractivity contribution in [2.45, 2.75) is 64.5 Å². The van der Waals surface area contributed by atoms with Gasteiger partial charge in [0.25, 0.3) is 5.91 Å². The number of amides is 1.